The van der Waals surface area contributed by atoms with Crippen LogP contribution in [0.5, 0.6) is 0 Å². The molecule has 2 aromatic heterocycles. The van der Waals surface area contributed by atoms with Crippen molar-refractivity contribution < 1.29 is 9.72 Å². The number of nitriles is 1. The monoisotopic (exact) mass is 488 g/mol. The molecule has 5 aromatic rings. The molecule has 0 aliphatic heterocycles. The Balaban J connectivity index is 1.54. The number of benzene rings is 3. The van der Waals surface area contributed by atoms with Gasteiger partial charge < -0.3 is 9.88 Å². The topological polar surface area (TPSA) is 127 Å². The normalized spacial score (nSPS) is 11.1. The molecule has 0 aliphatic rings. The van der Waals surface area contributed by atoms with E-state index in [0.29, 0.717) is 46.5 Å². The third-order valence-corrected chi connectivity index (χ3v) is 5.88. The van der Waals surface area contributed by atoms with Crippen molar-refractivity contribution in [3.8, 4) is 6.07 Å². The van der Waals surface area contributed by atoms with E-state index >= 15 is 0 Å². The van der Waals surface area contributed by atoms with Gasteiger partial charge in [0.2, 0.25) is 5.91 Å². The number of amides is 1. The summed E-state index contributed by atoms with van der Waals surface area (Å²) in [5.74, 6) is -0.186. The summed E-state index contributed by atoms with van der Waals surface area (Å²) in [4.78, 5) is 32.9. The highest BCUT2D eigenvalue weighted by Gasteiger charge is 2.21. The molecule has 0 spiro atoms. The molecular formula is C28H20N6O3. The number of hydrogen-bond acceptors (Lipinski definition) is 6. The zero-order valence-electron chi connectivity index (χ0n) is 19.5. The molecule has 0 saturated carbocycles. The molecule has 0 saturated heterocycles. The predicted octanol–water partition coefficient (Wildman–Crippen LogP) is 5.26. The van der Waals surface area contributed by atoms with Crippen LogP contribution in [0.3, 0.4) is 0 Å². The molecular weight excluding hydrogens is 468 g/mol. The molecule has 5 rings (SSSR count). The largest absolute Gasteiger partial charge is 0.309 e. The molecule has 0 radical (unpaired) electrons. The molecule has 0 atom stereocenters. The fourth-order valence-corrected chi connectivity index (χ4v) is 4.11. The number of nitrogens with one attached hydrogen (secondary N) is 1. The summed E-state index contributed by atoms with van der Waals surface area (Å²) in [7, 11) is 0. The maximum atomic E-state index is 12.9. The molecule has 0 fully saturated rings. The van der Waals surface area contributed by atoms with Gasteiger partial charge in [0.25, 0.3) is 5.69 Å². The minimum absolute atomic E-state index is 0.0698. The lowest BCUT2D eigenvalue weighted by Crippen LogP contribution is -2.14. The maximum absolute atomic E-state index is 12.9. The lowest BCUT2D eigenvalue weighted by Gasteiger charge is -2.11. The lowest BCUT2D eigenvalue weighted by molar-refractivity contribution is -0.384. The number of nitrogens with zero attached hydrogens (tertiary/aromatic N) is 5. The van der Waals surface area contributed by atoms with Gasteiger partial charge in [-0.1, -0.05) is 54.6 Å². The van der Waals surface area contributed by atoms with Crippen molar-refractivity contribution in [2.24, 2.45) is 0 Å². The summed E-state index contributed by atoms with van der Waals surface area (Å²) >= 11 is 0. The first-order valence-electron chi connectivity index (χ1n) is 11.5. The van der Waals surface area contributed by atoms with Gasteiger partial charge in [-0.05, 0) is 35.8 Å². The molecule has 9 heteroatoms. The van der Waals surface area contributed by atoms with E-state index < -0.39 is 10.8 Å². The minimum Gasteiger partial charge on any atom is -0.309 e. The first kappa shape index (κ1) is 23.4. The van der Waals surface area contributed by atoms with Crippen LogP contribution in [-0.2, 0) is 17.8 Å². The number of aromatic nitrogens is 3. The molecule has 0 bridgehead atoms. The van der Waals surface area contributed by atoms with Crippen LogP contribution in [0.2, 0.25) is 0 Å². The number of rotatable bonds is 7. The summed E-state index contributed by atoms with van der Waals surface area (Å²) < 4.78 is 1.80. The van der Waals surface area contributed by atoms with Gasteiger partial charge in [-0.25, -0.2) is 9.97 Å². The first-order valence-corrected chi connectivity index (χ1v) is 11.5. The smallest absolute Gasteiger partial charge is 0.270 e. The number of nitro benzene ring substituents is 1. The van der Waals surface area contributed by atoms with Gasteiger partial charge in [0.1, 0.15) is 23.0 Å². The van der Waals surface area contributed by atoms with E-state index in [0.717, 1.165) is 5.56 Å². The van der Waals surface area contributed by atoms with Crippen molar-refractivity contribution in [1.29, 1.82) is 5.26 Å². The van der Waals surface area contributed by atoms with Crippen molar-refractivity contribution in [3.63, 3.8) is 0 Å². The van der Waals surface area contributed by atoms with E-state index in [9.17, 15) is 20.2 Å². The van der Waals surface area contributed by atoms with E-state index in [-0.39, 0.29) is 11.3 Å². The number of para-hydroxylation sites is 2. The Morgan fingerprint density at radius 3 is 2.49 bits per heavy atom. The average molecular weight is 489 g/mol. The van der Waals surface area contributed by atoms with Gasteiger partial charge in [0.05, 0.1) is 16.0 Å². The summed E-state index contributed by atoms with van der Waals surface area (Å²) in [6.45, 7) is 0.458. The minimum atomic E-state index is -0.494. The lowest BCUT2D eigenvalue weighted by atomic mass is 10.1. The number of fused-ring (bicyclic) bond motifs is 2. The van der Waals surface area contributed by atoms with E-state index in [4.69, 9.17) is 4.98 Å². The Bertz CT molecular complexity index is 1720. The third kappa shape index (κ3) is 4.90. The van der Waals surface area contributed by atoms with Gasteiger partial charge in [0, 0.05) is 24.8 Å². The van der Waals surface area contributed by atoms with Crippen molar-refractivity contribution in [2.45, 2.75) is 13.0 Å². The Morgan fingerprint density at radius 2 is 1.76 bits per heavy atom. The van der Waals surface area contributed by atoms with Crippen LogP contribution in [0.25, 0.3) is 28.3 Å². The SMILES string of the molecule is N#Cc1c(NC(=O)/C=C/c2cccc([N+](=O)[O-])c2)n(CCc2ccccc2)c2nc3ccccc3nc12. The van der Waals surface area contributed by atoms with Gasteiger partial charge in [0.15, 0.2) is 5.65 Å². The second-order valence-electron chi connectivity index (χ2n) is 8.28. The number of carbonyl (C=O) groups excluding carboxylic acids is 1. The number of carbonyl (C=O) groups is 1. The third-order valence-electron chi connectivity index (χ3n) is 5.88. The quantitative estimate of drug-likeness (QED) is 0.189. The Hall–Kier alpha value is -5.36. The number of aryl methyl sites for hydroxylation is 2. The first-order chi connectivity index (χ1) is 18.0. The van der Waals surface area contributed by atoms with Crippen molar-refractivity contribution in [2.75, 3.05) is 5.32 Å². The Morgan fingerprint density at radius 1 is 1.03 bits per heavy atom. The van der Waals surface area contributed by atoms with Crippen LogP contribution in [0, 0.1) is 21.4 Å². The van der Waals surface area contributed by atoms with E-state index in [1.54, 1.807) is 16.7 Å². The fraction of sp³-hybridized carbons (Fsp3) is 0.0714. The molecule has 0 aliphatic carbocycles. The zero-order chi connectivity index (χ0) is 25.8. The van der Waals surface area contributed by atoms with Crippen LogP contribution >= 0.6 is 0 Å². The zero-order valence-corrected chi connectivity index (χ0v) is 19.5. The number of hydrogen-bond donors (Lipinski definition) is 1. The Labute approximate surface area is 211 Å². The molecule has 3 aromatic carbocycles. The van der Waals surface area contributed by atoms with Crippen molar-refractivity contribution in [3.05, 3.63) is 112 Å². The average Bonchev–Trinajstić information content (AvgIpc) is 3.20. The highest BCUT2D eigenvalue weighted by Crippen LogP contribution is 2.30. The van der Waals surface area contributed by atoms with Crippen LogP contribution in [0.1, 0.15) is 16.7 Å². The van der Waals surface area contributed by atoms with Crippen molar-refractivity contribution in [1.82, 2.24) is 14.5 Å². The van der Waals surface area contributed by atoms with Crippen LogP contribution < -0.4 is 5.32 Å². The van der Waals surface area contributed by atoms with Crippen LogP contribution in [-0.4, -0.2) is 25.4 Å². The number of nitro groups is 1. The van der Waals surface area contributed by atoms with Gasteiger partial charge in [-0.3, -0.25) is 14.9 Å². The number of anilines is 1. The van der Waals surface area contributed by atoms with Crippen molar-refractivity contribution >= 4 is 45.7 Å². The highest BCUT2D eigenvalue weighted by molar-refractivity contribution is 6.05. The summed E-state index contributed by atoms with van der Waals surface area (Å²) in [5.41, 5.74) is 3.99. The molecule has 1 amide bonds. The molecule has 1 N–H and O–H groups in total. The van der Waals surface area contributed by atoms with Crippen LogP contribution in [0.4, 0.5) is 11.5 Å². The molecule has 0 unspecified atom stereocenters. The van der Waals surface area contributed by atoms with Crippen LogP contribution in [0.15, 0.2) is 84.9 Å². The number of non-ortho nitro benzene ring substituents is 1. The second kappa shape index (κ2) is 10.1. The van der Waals surface area contributed by atoms with E-state index in [2.05, 4.69) is 16.4 Å². The van der Waals surface area contributed by atoms with Gasteiger partial charge in [-0.15, -0.1) is 0 Å². The van der Waals surface area contributed by atoms with E-state index in [1.807, 2.05) is 54.6 Å². The van der Waals surface area contributed by atoms with E-state index in [1.165, 1.54) is 24.3 Å². The molecule has 180 valence electrons. The summed E-state index contributed by atoms with van der Waals surface area (Å²) in [5, 5.41) is 23.9. The fourth-order valence-electron chi connectivity index (χ4n) is 4.11. The summed E-state index contributed by atoms with van der Waals surface area (Å²) in [6.07, 6.45) is 3.41. The highest BCUT2D eigenvalue weighted by atomic mass is 16.6. The molecule has 2 heterocycles. The molecule has 37 heavy (non-hydrogen) atoms. The maximum Gasteiger partial charge on any atom is 0.270 e. The Kier molecular flexibility index (Phi) is 6.38. The second-order valence-corrected chi connectivity index (χ2v) is 8.28. The van der Waals surface area contributed by atoms with Gasteiger partial charge in [-0.2, -0.15) is 5.26 Å². The predicted molar refractivity (Wildman–Crippen MR) is 141 cm³/mol. The summed E-state index contributed by atoms with van der Waals surface area (Å²) in [6, 6.07) is 25.4. The molecule has 9 nitrogen and oxygen atoms in total. The standard InChI is InChI=1S/C28H20N6O3/c29-18-22-26-28(31-24-12-5-4-11-23(24)30-26)33(16-15-19-7-2-1-3-8-19)27(22)32-25(35)14-13-20-9-6-10-21(17-20)34(36)37/h1-14,17H,15-16H2,(H,32,35)/b14-13+. The van der Waals surface area contributed by atoms with Gasteiger partial charge >= 0.3 is 0 Å².